The van der Waals surface area contributed by atoms with Crippen molar-refractivity contribution in [3.05, 3.63) is 84.4 Å². The molecule has 5 atom stereocenters. The van der Waals surface area contributed by atoms with Gasteiger partial charge in [-0.05, 0) is 17.4 Å². The number of benzene rings is 2. The molecule has 5 N–H and O–H groups in total. The molecule has 5 rings (SSSR count). The van der Waals surface area contributed by atoms with Crippen LogP contribution in [0.25, 0.3) is 11.2 Å². The Morgan fingerprint density at radius 2 is 1.70 bits per heavy atom. The van der Waals surface area contributed by atoms with Crippen molar-refractivity contribution < 1.29 is 29.3 Å². The number of aliphatic hydroxyl groups is 2. The van der Waals surface area contributed by atoms with E-state index in [9.17, 15) is 24.6 Å². The first-order chi connectivity index (χ1) is 17.8. The van der Waals surface area contributed by atoms with E-state index in [0.29, 0.717) is 23.5 Å². The third-order valence-electron chi connectivity index (χ3n) is 6.49. The summed E-state index contributed by atoms with van der Waals surface area (Å²) in [6.45, 7) is 0.499. The Morgan fingerprint density at radius 1 is 1.03 bits per heavy atom. The average Bonchev–Trinajstić information content (AvgIpc) is 3.46. The minimum atomic E-state index is -4.93. The smallest absolute Gasteiger partial charge is 0.348 e. The van der Waals surface area contributed by atoms with Gasteiger partial charge in [0.2, 0.25) is 0 Å². The van der Waals surface area contributed by atoms with E-state index >= 15 is 0 Å². The molecule has 0 radical (unpaired) electrons. The van der Waals surface area contributed by atoms with Crippen molar-refractivity contribution in [1.82, 2.24) is 19.5 Å². The molecule has 2 aromatic heterocycles. The van der Waals surface area contributed by atoms with E-state index in [2.05, 4.69) is 20.3 Å². The molecule has 1 saturated heterocycles. The maximum atomic E-state index is 12.9. The second-order valence-electron chi connectivity index (χ2n) is 8.62. The van der Waals surface area contributed by atoms with Crippen LogP contribution in [-0.4, -0.2) is 64.1 Å². The molecule has 11 nitrogen and oxygen atoms in total. The number of aliphatic hydroxyl groups excluding tert-OH is 2. The summed E-state index contributed by atoms with van der Waals surface area (Å²) >= 11 is 0.871. The summed E-state index contributed by atoms with van der Waals surface area (Å²) in [5, 5.41) is 25.3. The predicted molar refractivity (Wildman–Crippen MR) is 139 cm³/mol. The van der Waals surface area contributed by atoms with Gasteiger partial charge in [0.25, 0.3) is 0 Å². The van der Waals surface area contributed by atoms with Gasteiger partial charge in [-0.3, -0.25) is 9.13 Å². The molecule has 13 heteroatoms. The van der Waals surface area contributed by atoms with Crippen LogP contribution in [0.15, 0.2) is 73.3 Å². The summed E-state index contributed by atoms with van der Waals surface area (Å²) in [6.07, 6.45) is -1.50. The molecular weight excluding hydrogens is 517 g/mol. The highest BCUT2D eigenvalue weighted by atomic mass is 32.2. The van der Waals surface area contributed by atoms with Crippen molar-refractivity contribution in [2.24, 2.45) is 0 Å². The summed E-state index contributed by atoms with van der Waals surface area (Å²) in [4.78, 5) is 34.0. The zero-order chi connectivity index (χ0) is 26.2. The largest absolute Gasteiger partial charge is 0.387 e. The first kappa shape index (κ1) is 25.8. The number of hydrogen-bond donors (Lipinski definition) is 5. The SMILES string of the molecule is CSC(c1ccccc1)([C@H]1O[C@@H](n2cnc3c(NCc4ccccc4)ncnc32)C(O)[C@@H]1O)P(=O)(O)O. The average molecular weight is 544 g/mol. The number of anilines is 1. The lowest BCUT2D eigenvalue weighted by molar-refractivity contribution is -0.0412. The Kier molecular flexibility index (Phi) is 7.08. The Labute approximate surface area is 216 Å². The Hall–Kier alpha value is -2.83. The maximum absolute atomic E-state index is 12.9. The van der Waals surface area contributed by atoms with E-state index in [1.54, 1.807) is 30.3 Å². The summed E-state index contributed by atoms with van der Waals surface area (Å²) in [5.74, 6) is 0.468. The molecule has 0 spiro atoms. The van der Waals surface area contributed by atoms with Crippen LogP contribution < -0.4 is 5.32 Å². The molecule has 0 bridgehead atoms. The van der Waals surface area contributed by atoms with Crippen LogP contribution in [0.4, 0.5) is 5.82 Å². The highest BCUT2D eigenvalue weighted by Crippen LogP contribution is 2.67. The molecule has 4 aromatic rings. The van der Waals surface area contributed by atoms with Crippen molar-refractivity contribution in [3.8, 4) is 0 Å². The van der Waals surface area contributed by atoms with Crippen LogP contribution in [0.2, 0.25) is 0 Å². The number of nitrogens with one attached hydrogen (secondary N) is 1. The number of ether oxygens (including phenoxy) is 1. The van der Waals surface area contributed by atoms with Crippen molar-refractivity contribution in [2.45, 2.75) is 35.6 Å². The zero-order valence-corrected chi connectivity index (χ0v) is 21.4. The van der Waals surface area contributed by atoms with Crippen LogP contribution in [0, 0.1) is 0 Å². The van der Waals surface area contributed by atoms with Gasteiger partial charge in [0, 0.05) is 6.54 Å². The molecule has 1 aliphatic heterocycles. The second kappa shape index (κ2) is 10.1. The highest BCUT2D eigenvalue weighted by molar-refractivity contribution is 8.05. The third-order valence-corrected chi connectivity index (χ3v) is 10.2. The first-order valence-electron chi connectivity index (χ1n) is 11.4. The van der Waals surface area contributed by atoms with Gasteiger partial charge in [0.1, 0.15) is 24.6 Å². The van der Waals surface area contributed by atoms with Crippen molar-refractivity contribution in [1.29, 1.82) is 0 Å². The minimum Gasteiger partial charge on any atom is -0.387 e. The van der Waals surface area contributed by atoms with Gasteiger partial charge in [-0.15, -0.1) is 11.8 Å². The van der Waals surface area contributed by atoms with Crippen LogP contribution in [0.5, 0.6) is 0 Å². The number of aromatic nitrogens is 4. The van der Waals surface area contributed by atoms with E-state index in [1.807, 2.05) is 30.3 Å². The molecule has 2 unspecified atom stereocenters. The van der Waals surface area contributed by atoms with Gasteiger partial charge >= 0.3 is 7.60 Å². The molecule has 0 amide bonds. The lowest BCUT2D eigenvalue weighted by atomic mass is 10.0. The summed E-state index contributed by atoms with van der Waals surface area (Å²) in [7, 11) is -4.93. The van der Waals surface area contributed by atoms with Crippen molar-refractivity contribution in [2.75, 3.05) is 11.6 Å². The van der Waals surface area contributed by atoms with Gasteiger partial charge in [-0.1, -0.05) is 60.7 Å². The number of nitrogens with zero attached hydrogens (tertiary/aromatic N) is 4. The Bertz CT molecular complexity index is 1420. The molecule has 1 fully saturated rings. The fourth-order valence-corrected chi connectivity index (χ4v) is 7.47. The fraction of sp³-hybridized carbons (Fsp3) is 0.292. The van der Waals surface area contributed by atoms with E-state index in [1.165, 1.54) is 23.5 Å². The topological polar surface area (TPSA) is 163 Å². The van der Waals surface area contributed by atoms with Crippen LogP contribution in [0.1, 0.15) is 17.4 Å². The van der Waals surface area contributed by atoms with Gasteiger partial charge in [-0.2, -0.15) is 0 Å². The van der Waals surface area contributed by atoms with E-state index in [4.69, 9.17) is 4.74 Å². The molecule has 37 heavy (non-hydrogen) atoms. The second-order valence-corrected chi connectivity index (χ2v) is 11.8. The molecule has 0 aliphatic carbocycles. The van der Waals surface area contributed by atoms with Crippen molar-refractivity contribution >= 4 is 36.3 Å². The lowest BCUT2D eigenvalue weighted by Gasteiger charge is -2.38. The molecule has 1 aliphatic rings. The van der Waals surface area contributed by atoms with Gasteiger partial charge < -0.3 is 30.1 Å². The Balaban J connectivity index is 1.50. The van der Waals surface area contributed by atoms with E-state index in [0.717, 1.165) is 17.3 Å². The number of fused-ring (bicyclic) bond motifs is 1. The van der Waals surface area contributed by atoms with E-state index in [-0.39, 0.29) is 5.56 Å². The molecule has 194 valence electrons. The molecule has 0 saturated carbocycles. The third kappa shape index (κ3) is 4.44. The zero-order valence-electron chi connectivity index (χ0n) is 19.7. The number of rotatable bonds is 8. The summed E-state index contributed by atoms with van der Waals surface area (Å²) in [5.41, 5.74) is 2.06. The fourth-order valence-electron chi connectivity index (χ4n) is 4.69. The van der Waals surface area contributed by atoms with Gasteiger partial charge in [-0.25, -0.2) is 15.0 Å². The quantitative estimate of drug-likeness (QED) is 0.208. The summed E-state index contributed by atoms with van der Waals surface area (Å²) in [6, 6.07) is 17.9. The van der Waals surface area contributed by atoms with E-state index < -0.39 is 36.6 Å². The summed E-state index contributed by atoms with van der Waals surface area (Å²) < 4.78 is 18.5. The number of hydrogen-bond acceptors (Lipinski definition) is 9. The Morgan fingerprint density at radius 3 is 2.35 bits per heavy atom. The van der Waals surface area contributed by atoms with Crippen molar-refractivity contribution in [3.63, 3.8) is 0 Å². The maximum Gasteiger partial charge on any atom is 0.348 e. The van der Waals surface area contributed by atoms with Gasteiger partial charge in [0.15, 0.2) is 27.7 Å². The molecule has 3 heterocycles. The van der Waals surface area contributed by atoms with Crippen LogP contribution in [-0.2, 0) is 20.3 Å². The molecule has 2 aromatic carbocycles. The van der Waals surface area contributed by atoms with Crippen LogP contribution >= 0.6 is 19.4 Å². The lowest BCUT2D eigenvalue weighted by Crippen LogP contribution is -2.44. The predicted octanol–water partition coefficient (Wildman–Crippen LogP) is 2.45. The number of imidazole rings is 1. The standard InChI is InChI=1S/C24H26N5O6PS/c1-37-24(36(32,33)34,16-10-6-3-7-11-16)20-18(30)19(31)23(35-20)29-14-28-17-21(26-13-27-22(17)29)25-12-15-8-4-2-5-9-15/h2-11,13-14,18-20,23,30-31H,12H2,1H3,(H,25,26,27)(H2,32,33,34)/t18-,19?,20-,23+,24?/m0/s1. The monoisotopic (exact) mass is 543 g/mol. The van der Waals surface area contributed by atoms with Gasteiger partial charge in [0.05, 0.1) is 6.33 Å². The minimum absolute atomic E-state index is 0.276. The first-order valence-corrected chi connectivity index (χ1v) is 14.2. The molecular formula is C24H26N5O6PS. The normalized spacial score (nSPS) is 23.7. The highest BCUT2D eigenvalue weighted by Gasteiger charge is 2.62. The number of thioether (sulfide) groups is 1. The van der Waals surface area contributed by atoms with Crippen LogP contribution in [0.3, 0.4) is 0 Å².